The van der Waals surface area contributed by atoms with E-state index in [0.717, 1.165) is 53.0 Å². The number of methoxy groups -OCH3 is 1. The Morgan fingerprint density at radius 3 is 2.46 bits per heavy atom. The fraction of sp³-hybridized carbons (Fsp3) is 0.324. The summed E-state index contributed by atoms with van der Waals surface area (Å²) in [5.74, 6) is 3.08. The van der Waals surface area contributed by atoms with Crippen LogP contribution in [0.4, 0.5) is 16.3 Å². The van der Waals surface area contributed by atoms with Gasteiger partial charge in [-0.2, -0.15) is 5.10 Å². The minimum Gasteiger partial charge on any atom is -0.495 e. The molecule has 3 amide bonds. The van der Waals surface area contributed by atoms with Crippen LogP contribution in [0.5, 0.6) is 11.5 Å². The summed E-state index contributed by atoms with van der Waals surface area (Å²) in [6.07, 6.45) is 2.53. The normalized spacial score (nSPS) is 13.8. The number of urea groups is 1. The van der Waals surface area contributed by atoms with E-state index >= 15 is 0 Å². The molecule has 7 rings (SSSR count). The Kier molecular flexibility index (Phi) is 8.96. The lowest BCUT2D eigenvalue weighted by Crippen LogP contribution is -2.41. The van der Waals surface area contributed by atoms with Crippen molar-refractivity contribution in [3.63, 3.8) is 0 Å². The zero-order valence-electron chi connectivity index (χ0n) is 28.5. The largest absolute Gasteiger partial charge is 0.495 e. The monoisotopic (exact) mass is 694 g/mol. The third kappa shape index (κ3) is 6.62. The van der Waals surface area contributed by atoms with Gasteiger partial charge in [0.2, 0.25) is 0 Å². The topological polar surface area (TPSA) is 128 Å². The molecular formula is C37H39ClN8O4. The van der Waals surface area contributed by atoms with Gasteiger partial charge in [-0.15, -0.1) is 10.2 Å². The first-order valence-electron chi connectivity index (χ1n) is 16.6. The molecule has 0 bridgehead atoms. The Bertz CT molecular complexity index is 2070. The number of ether oxygens (including phenoxy) is 2. The summed E-state index contributed by atoms with van der Waals surface area (Å²) in [5, 5.41) is 20.1. The highest BCUT2D eigenvalue weighted by molar-refractivity contribution is 6.32. The van der Waals surface area contributed by atoms with E-state index in [-0.39, 0.29) is 24.0 Å². The van der Waals surface area contributed by atoms with Gasteiger partial charge >= 0.3 is 6.03 Å². The maximum Gasteiger partial charge on any atom is 0.324 e. The maximum atomic E-state index is 13.3. The Hall–Kier alpha value is -5.36. The molecule has 3 aromatic carbocycles. The van der Waals surface area contributed by atoms with Gasteiger partial charge in [0.1, 0.15) is 17.3 Å². The van der Waals surface area contributed by atoms with Gasteiger partial charge in [-0.3, -0.25) is 10.1 Å². The van der Waals surface area contributed by atoms with E-state index in [1.807, 2.05) is 59.2 Å². The predicted octanol–water partition coefficient (Wildman–Crippen LogP) is 6.64. The molecule has 258 valence electrons. The number of nitrogens with zero attached hydrogens (tertiary/aromatic N) is 6. The van der Waals surface area contributed by atoms with E-state index < -0.39 is 0 Å². The number of carbonyl (C=O) groups excluding carboxylic acids is 2. The van der Waals surface area contributed by atoms with Crippen LogP contribution in [0, 0.1) is 0 Å². The van der Waals surface area contributed by atoms with Crippen molar-refractivity contribution in [2.24, 2.45) is 0 Å². The average molecular weight is 695 g/mol. The summed E-state index contributed by atoms with van der Waals surface area (Å²) in [4.78, 5) is 28.4. The van der Waals surface area contributed by atoms with E-state index in [0.29, 0.717) is 53.6 Å². The Morgan fingerprint density at radius 2 is 1.70 bits per heavy atom. The molecular weight excluding hydrogens is 656 g/mol. The smallest absolute Gasteiger partial charge is 0.324 e. The van der Waals surface area contributed by atoms with Gasteiger partial charge in [0.05, 0.1) is 30.1 Å². The highest BCUT2D eigenvalue weighted by atomic mass is 35.5. The van der Waals surface area contributed by atoms with Gasteiger partial charge in [0.15, 0.2) is 18.3 Å². The minimum absolute atomic E-state index is 0.103. The molecule has 2 N–H and O–H groups in total. The standard InChI is InChI=1S/C37H39ClN8O4/c1-37(2,3)31-20-32(46(43-31)24-9-6-5-7-10-24)40-36(48)39-28-14-16-29(26-12-8-11-25(26)28)50-22-34(47)44-17-18-45-33(21-44)41-42-35(45)23-13-15-30(49-4)27(38)19-23/h5-7,9-10,13-16,19-20H,8,11-12,17-18,21-22H2,1-4H3,(H2,39,40,48). The van der Waals surface area contributed by atoms with Crippen LogP contribution >= 0.6 is 11.6 Å². The number of benzene rings is 3. The van der Waals surface area contributed by atoms with Crippen LogP contribution in [0.1, 0.15) is 49.8 Å². The quantitative estimate of drug-likeness (QED) is 0.186. The first kappa shape index (κ1) is 33.2. The Balaban J connectivity index is 1.00. The number of aromatic nitrogens is 5. The number of halogens is 1. The first-order valence-corrected chi connectivity index (χ1v) is 17.0. The second-order valence-electron chi connectivity index (χ2n) is 13.5. The van der Waals surface area contributed by atoms with Gasteiger partial charge < -0.3 is 24.3 Å². The van der Waals surface area contributed by atoms with E-state index in [9.17, 15) is 9.59 Å². The summed E-state index contributed by atoms with van der Waals surface area (Å²) < 4.78 is 15.1. The summed E-state index contributed by atoms with van der Waals surface area (Å²) in [6, 6.07) is 20.4. The number of carbonyl (C=O) groups is 2. The molecule has 13 heteroatoms. The number of fused-ring (bicyclic) bond motifs is 2. The van der Waals surface area contributed by atoms with Gasteiger partial charge in [-0.1, -0.05) is 50.6 Å². The third-order valence-corrected chi connectivity index (χ3v) is 9.37. The molecule has 0 saturated carbocycles. The van der Waals surface area contributed by atoms with Crippen LogP contribution in [-0.4, -0.2) is 61.6 Å². The lowest BCUT2D eigenvalue weighted by molar-refractivity contribution is -0.134. The molecule has 5 aromatic rings. The van der Waals surface area contributed by atoms with Crippen LogP contribution < -0.4 is 20.1 Å². The third-order valence-electron chi connectivity index (χ3n) is 9.08. The van der Waals surface area contributed by atoms with Gasteiger partial charge in [0.25, 0.3) is 5.91 Å². The number of anilines is 2. The molecule has 0 atom stereocenters. The number of hydrogen-bond acceptors (Lipinski definition) is 7. The number of amides is 3. The van der Waals surface area contributed by atoms with Crippen molar-refractivity contribution >= 4 is 35.0 Å². The van der Waals surface area contributed by atoms with Crippen molar-refractivity contribution in [1.29, 1.82) is 0 Å². The van der Waals surface area contributed by atoms with E-state index in [1.54, 1.807) is 28.8 Å². The molecule has 12 nitrogen and oxygen atoms in total. The lowest BCUT2D eigenvalue weighted by Gasteiger charge is -2.28. The summed E-state index contributed by atoms with van der Waals surface area (Å²) in [6.45, 7) is 7.54. The summed E-state index contributed by atoms with van der Waals surface area (Å²) in [5.41, 5.74) is 5.11. The van der Waals surface area contributed by atoms with E-state index in [2.05, 4.69) is 41.6 Å². The molecule has 1 aliphatic carbocycles. The number of nitrogens with one attached hydrogen (secondary N) is 2. The molecule has 50 heavy (non-hydrogen) atoms. The number of para-hydroxylation sites is 1. The fourth-order valence-electron chi connectivity index (χ4n) is 6.42. The van der Waals surface area contributed by atoms with E-state index in [4.69, 9.17) is 26.2 Å². The Morgan fingerprint density at radius 1 is 0.920 bits per heavy atom. The first-order chi connectivity index (χ1) is 24.1. The van der Waals surface area contributed by atoms with Crippen molar-refractivity contribution in [3.05, 3.63) is 94.4 Å². The molecule has 0 radical (unpaired) electrons. The molecule has 1 aliphatic heterocycles. The molecule has 2 aliphatic rings. The highest BCUT2D eigenvalue weighted by Gasteiger charge is 2.27. The molecule has 3 heterocycles. The predicted molar refractivity (Wildman–Crippen MR) is 191 cm³/mol. The van der Waals surface area contributed by atoms with Crippen molar-refractivity contribution < 1.29 is 19.1 Å². The zero-order chi connectivity index (χ0) is 35.0. The Labute approximate surface area is 295 Å². The van der Waals surface area contributed by atoms with Crippen molar-refractivity contribution in [1.82, 2.24) is 29.4 Å². The molecule has 0 unspecified atom stereocenters. The SMILES string of the molecule is COc1ccc(-c2nnc3n2CCN(C(=O)COc2ccc(NC(=O)Nc4cc(C(C)(C)C)nn4-c4ccccc4)c4c2CCC4)C3)cc1Cl. The maximum absolute atomic E-state index is 13.3. The molecule has 0 saturated heterocycles. The van der Waals surface area contributed by atoms with Crippen LogP contribution in [0.2, 0.25) is 5.02 Å². The van der Waals surface area contributed by atoms with Crippen molar-refractivity contribution in [2.45, 2.75) is 58.5 Å². The van der Waals surface area contributed by atoms with Crippen LogP contribution in [0.3, 0.4) is 0 Å². The van der Waals surface area contributed by atoms with Crippen LogP contribution in [0.15, 0.2) is 66.7 Å². The summed E-state index contributed by atoms with van der Waals surface area (Å²) >= 11 is 6.34. The summed E-state index contributed by atoms with van der Waals surface area (Å²) in [7, 11) is 1.57. The van der Waals surface area contributed by atoms with Gasteiger partial charge in [-0.25, -0.2) is 9.48 Å². The van der Waals surface area contributed by atoms with Gasteiger partial charge in [0, 0.05) is 35.8 Å². The number of hydrogen-bond donors (Lipinski definition) is 2. The highest BCUT2D eigenvalue weighted by Crippen LogP contribution is 2.37. The lowest BCUT2D eigenvalue weighted by atomic mass is 9.92. The van der Waals surface area contributed by atoms with Crippen molar-refractivity contribution in [2.75, 3.05) is 30.9 Å². The van der Waals surface area contributed by atoms with Crippen LogP contribution in [0.25, 0.3) is 17.1 Å². The number of rotatable bonds is 8. The van der Waals surface area contributed by atoms with Crippen LogP contribution in [-0.2, 0) is 36.1 Å². The van der Waals surface area contributed by atoms with Crippen molar-refractivity contribution in [3.8, 4) is 28.6 Å². The van der Waals surface area contributed by atoms with Gasteiger partial charge in [-0.05, 0) is 72.9 Å². The zero-order valence-corrected chi connectivity index (χ0v) is 29.3. The minimum atomic E-state index is -0.364. The average Bonchev–Trinajstić information content (AvgIpc) is 3.87. The molecule has 0 spiro atoms. The van der Waals surface area contributed by atoms with E-state index in [1.165, 1.54) is 0 Å². The second-order valence-corrected chi connectivity index (χ2v) is 13.9. The second kappa shape index (κ2) is 13.5. The fourth-order valence-corrected chi connectivity index (χ4v) is 6.68. The molecule has 0 fully saturated rings. The molecule has 2 aromatic heterocycles.